The molecule has 0 aliphatic rings. The van der Waals surface area contributed by atoms with E-state index in [9.17, 15) is 19.7 Å². The highest BCUT2D eigenvalue weighted by molar-refractivity contribution is 9.10. The number of nitrogens with one attached hydrogen (secondary N) is 1. The van der Waals surface area contributed by atoms with Crippen LogP contribution in [0.25, 0.3) is 0 Å². The van der Waals surface area contributed by atoms with Crippen LogP contribution >= 0.6 is 15.9 Å². The second kappa shape index (κ2) is 6.08. The van der Waals surface area contributed by atoms with E-state index in [0.29, 0.717) is 0 Å². The van der Waals surface area contributed by atoms with Crippen molar-refractivity contribution in [2.45, 2.75) is 26.4 Å². The Balaban J connectivity index is 3.29. The number of ether oxygens (including phenoxy) is 1. The lowest BCUT2D eigenvalue weighted by molar-refractivity contribution is -0.384. The van der Waals surface area contributed by atoms with E-state index in [2.05, 4.69) is 21.2 Å². The molecule has 21 heavy (non-hydrogen) atoms. The van der Waals surface area contributed by atoms with Crippen LogP contribution in [0.1, 0.15) is 31.1 Å². The van der Waals surface area contributed by atoms with E-state index in [1.54, 1.807) is 20.8 Å². The Morgan fingerprint density at radius 1 is 1.38 bits per heavy atom. The first-order valence-electron chi connectivity index (χ1n) is 5.72. The number of benzene rings is 1. The average molecular weight is 361 g/mol. The predicted molar refractivity (Wildman–Crippen MR) is 77.6 cm³/mol. The number of anilines is 1. The van der Waals surface area contributed by atoms with Crippen molar-refractivity contribution < 1.29 is 24.4 Å². The normalized spacial score (nSPS) is 10.9. The van der Waals surface area contributed by atoms with Crippen molar-refractivity contribution in [3.05, 3.63) is 32.3 Å². The standard InChI is InChI=1S/C12H13BrN2O6/c1-12(2,3)21-11(18)14-9-7(10(16)17)4-6(13)5-8(9)15(19)20/h4-5H,1-3H3,(H,14,18)(H,16,17). The Bertz CT molecular complexity index is 573. The molecule has 0 spiro atoms. The number of amides is 1. The maximum atomic E-state index is 11.7. The molecule has 2 N–H and O–H groups in total. The summed E-state index contributed by atoms with van der Waals surface area (Å²) in [5.41, 5.74) is -2.21. The van der Waals surface area contributed by atoms with Crippen LogP contribution in [-0.4, -0.2) is 27.7 Å². The fourth-order valence-electron chi connectivity index (χ4n) is 1.44. The Morgan fingerprint density at radius 2 is 1.95 bits per heavy atom. The molecule has 1 aromatic rings. The second-order valence-electron chi connectivity index (χ2n) is 5.04. The van der Waals surface area contributed by atoms with E-state index in [1.807, 2.05) is 0 Å². The third-order valence-electron chi connectivity index (χ3n) is 2.14. The SMILES string of the molecule is CC(C)(C)OC(=O)Nc1c(C(=O)O)cc(Br)cc1[N+](=O)[O-]. The number of nitrogens with zero attached hydrogens (tertiary/aromatic N) is 1. The summed E-state index contributed by atoms with van der Waals surface area (Å²) in [7, 11) is 0. The van der Waals surface area contributed by atoms with E-state index >= 15 is 0 Å². The van der Waals surface area contributed by atoms with Crippen LogP contribution in [0.3, 0.4) is 0 Å². The number of carboxylic acids is 1. The highest BCUT2D eigenvalue weighted by atomic mass is 79.9. The average Bonchev–Trinajstić information content (AvgIpc) is 2.27. The molecule has 114 valence electrons. The maximum Gasteiger partial charge on any atom is 0.412 e. The van der Waals surface area contributed by atoms with Gasteiger partial charge in [-0.2, -0.15) is 0 Å². The molecular formula is C12H13BrN2O6. The molecule has 0 atom stereocenters. The van der Waals surface area contributed by atoms with Crippen LogP contribution in [0.5, 0.6) is 0 Å². The summed E-state index contributed by atoms with van der Waals surface area (Å²) in [6, 6.07) is 2.25. The Morgan fingerprint density at radius 3 is 2.38 bits per heavy atom. The topological polar surface area (TPSA) is 119 Å². The zero-order valence-corrected chi connectivity index (χ0v) is 13.1. The number of halogens is 1. The van der Waals surface area contributed by atoms with Crippen LogP contribution in [0.4, 0.5) is 16.2 Å². The molecule has 0 saturated carbocycles. The summed E-state index contributed by atoms with van der Waals surface area (Å²) in [5.74, 6) is -1.41. The summed E-state index contributed by atoms with van der Waals surface area (Å²) in [5, 5.41) is 22.2. The fraction of sp³-hybridized carbons (Fsp3) is 0.333. The molecule has 1 amide bonds. The number of nitro groups is 1. The summed E-state index contributed by atoms with van der Waals surface area (Å²) in [4.78, 5) is 33.1. The molecule has 0 unspecified atom stereocenters. The van der Waals surface area contributed by atoms with E-state index < -0.39 is 39.5 Å². The lowest BCUT2D eigenvalue weighted by atomic mass is 10.1. The maximum absolute atomic E-state index is 11.7. The molecule has 0 heterocycles. The third-order valence-corrected chi connectivity index (χ3v) is 2.59. The molecule has 1 aromatic carbocycles. The first kappa shape index (κ1) is 16.9. The minimum Gasteiger partial charge on any atom is -0.478 e. The van der Waals surface area contributed by atoms with Gasteiger partial charge in [0.05, 0.1) is 10.5 Å². The Kier molecular flexibility index (Phi) is 4.89. The molecule has 9 heteroatoms. The molecular weight excluding hydrogens is 348 g/mol. The molecule has 0 bridgehead atoms. The molecule has 0 aliphatic carbocycles. The lowest BCUT2D eigenvalue weighted by Gasteiger charge is -2.20. The number of aromatic carboxylic acids is 1. The van der Waals surface area contributed by atoms with E-state index in [0.717, 1.165) is 12.1 Å². The quantitative estimate of drug-likeness (QED) is 0.629. The van der Waals surface area contributed by atoms with Crippen molar-refractivity contribution in [1.82, 2.24) is 0 Å². The molecule has 0 radical (unpaired) electrons. The summed E-state index contributed by atoms with van der Waals surface area (Å²) in [6.07, 6.45) is -0.976. The number of carbonyl (C=O) groups is 2. The molecule has 0 aromatic heterocycles. The van der Waals surface area contributed by atoms with Gasteiger partial charge in [0.1, 0.15) is 11.3 Å². The minimum absolute atomic E-state index is 0.210. The molecule has 0 fully saturated rings. The number of nitro benzene ring substituents is 1. The first-order valence-corrected chi connectivity index (χ1v) is 6.52. The van der Waals surface area contributed by atoms with Gasteiger partial charge >= 0.3 is 12.1 Å². The van der Waals surface area contributed by atoms with Gasteiger partial charge in [-0.1, -0.05) is 15.9 Å². The van der Waals surface area contributed by atoms with Gasteiger partial charge in [0.2, 0.25) is 0 Å². The summed E-state index contributed by atoms with van der Waals surface area (Å²) < 4.78 is 5.17. The smallest absolute Gasteiger partial charge is 0.412 e. The van der Waals surface area contributed by atoms with Crippen LogP contribution < -0.4 is 5.32 Å². The monoisotopic (exact) mass is 360 g/mol. The Labute approximate surface area is 128 Å². The van der Waals surface area contributed by atoms with Gasteiger partial charge in [-0.05, 0) is 26.8 Å². The third kappa shape index (κ3) is 4.71. The predicted octanol–water partition coefficient (Wildman–Crippen LogP) is 3.40. The fourth-order valence-corrected chi connectivity index (χ4v) is 1.89. The van der Waals surface area contributed by atoms with Gasteiger partial charge in [0.15, 0.2) is 0 Å². The van der Waals surface area contributed by atoms with E-state index in [1.165, 1.54) is 0 Å². The van der Waals surface area contributed by atoms with Gasteiger partial charge in [-0.15, -0.1) is 0 Å². The number of hydrogen-bond acceptors (Lipinski definition) is 5. The second-order valence-corrected chi connectivity index (χ2v) is 5.95. The first-order chi connectivity index (χ1) is 9.51. The highest BCUT2D eigenvalue weighted by Crippen LogP contribution is 2.33. The van der Waals surface area contributed by atoms with Crippen LogP contribution in [0.2, 0.25) is 0 Å². The number of carboxylic acid groups (broad SMARTS) is 1. The lowest BCUT2D eigenvalue weighted by Crippen LogP contribution is -2.28. The summed E-state index contributed by atoms with van der Waals surface area (Å²) in [6.45, 7) is 4.84. The largest absolute Gasteiger partial charge is 0.478 e. The van der Waals surface area contributed by atoms with Gasteiger partial charge < -0.3 is 9.84 Å². The zero-order chi connectivity index (χ0) is 16.4. The highest BCUT2D eigenvalue weighted by Gasteiger charge is 2.26. The van der Waals surface area contributed by atoms with Gasteiger partial charge in [0, 0.05) is 10.5 Å². The van der Waals surface area contributed by atoms with Crippen LogP contribution in [-0.2, 0) is 4.74 Å². The molecule has 1 rings (SSSR count). The molecule has 8 nitrogen and oxygen atoms in total. The number of hydrogen-bond donors (Lipinski definition) is 2. The minimum atomic E-state index is -1.41. The van der Waals surface area contributed by atoms with Crippen molar-refractivity contribution in [3.8, 4) is 0 Å². The summed E-state index contributed by atoms with van der Waals surface area (Å²) >= 11 is 2.99. The van der Waals surface area contributed by atoms with Crippen molar-refractivity contribution in [2.24, 2.45) is 0 Å². The Hall–Kier alpha value is -2.16. The van der Waals surface area contributed by atoms with Crippen molar-refractivity contribution in [3.63, 3.8) is 0 Å². The molecule has 0 aliphatic heterocycles. The number of carbonyl (C=O) groups excluding carboxylic acids is 1. The van der Waals surface area contributed by atoms with Gasteiger partial charge in [-0.3, -0.25) is 15.4 Å². The van der Waals surface area contributed by atoms with Gasteiger partial charge in [0.25, 0.3) is 5.69 Å². The van der Waals surface area contributed by atoms with Gasteiger partial charge in [-0.25, -0.2) is 9.59 Å². The van der Waals surface area contributed by atoms with E-state index in [4.69, 9.17) is 9.84 Å². The van der Waals surface area contributed by atoms with Crippen molar-refractivity contribution in [2.75, 3.05) is 5.32 Å². The van der Waals surface area contributed by atoms with Crippen molar-refractivity contribution >= 4 is 39.4 Å². The molecule has 0 saturated heterocycles. The van der Waals surface area contributed by atoms with Crippen molar-refractivity contribution in [1.29, 1.82) is 0 Å². The number of rotatable bonds is 3. The zero-order valence-electron chi connectivity index (χ0n) is 11.5. The van der Waals surface area contributed by atoms with Crippen LogP contribution in [0, 0.1) is 10.1 Å². The van der Waals surface area contributed by atoms with E-state index in [-0.39, 0.29) is 4.47 Å². The van der Waals surface area contributed by atoms with Crippen LogP contribution in [0.15, 0.2) is 16.6 Å².